The number of hydrogen-bond donors (Lipinski definition) is 1. The maximum Gasteiger partial charge on any atom is 0.141 e. The van der Waals surface area contributed by atoms with Crippen LogP contribution in [0.15, 0.2) is 18.2 Å². The van der Waals surface area contributed by atoms with E-state index in [2.05, 4.69) is 24.4 Å². The van der Waals surface area contributed by atoms with Crippen LogP contribution < -0.4 is 10.1 Å². The van der Waals surface area contributed by atoms with Crippen LogP contribution in [0.3, 0.4) is 0 Å². The van der Waals surface area contributed by atoms with Gasteiger partial charge in [0.1, 0.15) is 5.75 Å². The summed E-state index contributed by atoms with van der Waals surface area (Å²) in [4.78, 5) is 0. The third kappa shape index (κ3) is 2.42. The number of methoxy groups -OCH3 is 1. The van der Waals surface area contributed by atoms with Crippen molar-refractivity contribution in [3.63, 3.8) is 0 Å². The van der Waals surface area contributed by atoms with Crippen LogP contribution in [0.25, 0.3) is 0 Å². The first-order valence-electron chi connectivity index (χ1n) is 5.28. The lowest BCUT2D eigenvalue weighted by molar-refractivity contribution is 0.195. The summed E-state index contributed by atoms with van der Waals surface area (Å²) in [6.45, 7) is 3.72. The van der Waals surface area contributed by atoms with Gasteiger partial charge in [-0.05, 0) is 31.0 Å². The monoisotopic (exact) mass is 207 g/mol. The Morgan fingerprint density at radius 3 is 3.00 bits per heavy atom. The molecular formula is C12H17NO2. The quantitative estimate of drug-likeness (QED) is 0.824. The van der Waals surface area contributed by atoms with Crippen LogP contribution in [0, 0.1) is 6.92 Å². The lowest BCUT2D eigenvalue weighted by Crippen LogP contribution is -2.19. The zero-order valence-corrected chi connectivity index (χ0v) is 9.25. The van der Waals surface area contributed by atoms with Gasteiger partial charge in [-0.15, -0.1) is 0 Å². The highest BCUT2D eigenvalue weighted by molar-refractivity contribution is 5.58. The minimum absolute atomic E-state index is 0.417. The summed E-state index contributed by atoms with van der Waals surface area (Å²) >= 11 is 0. The molecular weight excluding hydrogens is 190 g/mol. The fourth-order valence-corrected chi connectivity index (χ4v) is 1.80. The molecule has 3 heteroatoms. The first kappa shape index (κ1) is 10.3. The molecule has 1 N–H and O–H groups in total. The molecule has 1 unspecified atom stereocenters. The van der Waals surface area contributed by atoms with Crippen molar-refractivity contribution in [1.82, 2.24) is 0 Å². The second-order valence-electron chi connectivity index (χ2n) is 3.91. The molecule has 3 nitrogen and oxygen atoms in total. The number of anilines is 1. The Labute approximate surface area is 90.4 Å². The number of hydrogen-bond acceptors (Lipinski definition) is 3. The van der Waals surface area contributed by atoms with Gasteiger partial charge in [0, 0.05) is 6.61 Å². The molecule has 1 aliphatic rings. The summed E-state index contributed by atoms with van der Waals surface area (Å²) in [6, 6.07) is 6.57. The molecule has 1 aliphatic heterocycles. The van der Waals surface area contributed by atoms with E-state index in [0.29, 0.717) is 6.04 Å². The van der Waals surface area contributed by atoms with Gasteiger partial charge < -0.3 is 14.8 Å². The van der Waals surface area contributed by atoms with Crippen molar-refractivity contribution < 1.29 is 9.47 Å². The van der Waals surface area contributed by atoms with Crippen LogP contribution in [0.5, 0.6) is 5.75 Å². The number of aryl methyl sites for hydroxylation is 1. The van der Waals surface area contributed by atoms with E-state index in [9.17, 15) is 0 Å². The number of ether oxygens (including phenoxy) is 2. The van der Waals surface area contributed by atoms with Gasteiger partial charge in [-0.1, -0.05) is 6.07 Å². The standard InChI is InChI=1S/C12H17NO2/c1-9-3-4-12(14-2)11(7-9)13-10-5-6-15-8-10/h3-4,7,10,13H,5-6,8H2,1-2H3. The molecule has 0 spiro atoms. The lowest BCUT2D eigenvalue weighted by atomic mass is 10.2. The highest BCUT2D eigenvalue weighted by atomic mass is 16.5. The van der Waals surface area contributed by atoms with Crippen molar-refractivity contribution in [2.75, 3.05) is 25.6 Å². The molecule has 1 aromatic rings. The minimum atomic E-state index is 0.417. The fraction of sp³-hybridized carbons (Fsp3) is 0.500. The zero-order valence-electron chi connectivity index (χ0n) is 9.25. The molecule has 1 aromatic carbocycles. The molecule has 1 heterocycles. The molecule has 0 saturated carbocycles. The van der Waals surface area contributed by atoms with Gasteiger partial charge in [0.25, 0.3) is 0 Å². The van der Waals surface area contributed by atoms with E-state index in [1.165, 1.54) is 5.56 Å². The van der Waals surface area contributed by atoms with Gasteiger partial charge in [0.2, 0.25) is 0 Å². The van der Waals surface area contributed by atoms with E-state index in [1.54, 1.807) is 7.11 Å². The number of rotatable bonds is 3. The molecule has 15 heavy (non-hydrogen) atoms. The third-order valence-electron chi connectivity index (χ3n) is 2.64. The molecule has 0 radical (unpaired) electrons. The van der Waals surface area contributed by atoms with Gasteiger partial charge in [-0.3, -0.25) is 0 Å². The molecule has 0 bridgehead atoms. The Balaban J connectivity index is 2.14. The van der Waals surface area contributed by atoms with Gasteiger partial charge in [-0.2, -0.15) is 0 Å². The topological polar surface area (TPSA) is 30.5 Å². The third-order valence-corrected chi connectivity index (χ3v) is 2.64. The molecule has 0 amide bonds. The summed E-state index contributed by atoms with van der Waals surface area (Å²) < 4.78 is 10.6. The van der Waals surface area contributed by atoms with Gasteiger partial charge >= 0.3 is 0 Å². The summed E-state index contributed by atoms with van der Waals surface area (Å²) in [5, 5.41) is 3.45. The molecule has 1 fully saturated rings. The van der Waals surface area contributed by atoms with E-state index < -0.39 is 0 Å². The Hall–Kier alpha value is -1.22. The summed E-state index contributed by atoms with van der Waals surface area (Å²) in [6.07, 6.45) is 1.07. The van der Waals surface area contributed by atoms with E-state index in [1.807, 2.05) is 6.07 Å². The number of benzene rings is 1. The summed E-state index contributed by atoms with van der Waals surface area (Å²) in [5.41, 5.74) is 2.30. The van der Waals surface area contributed by atoms with Crippen molar-refractivity contribution >= 4 is 5.69 Å². The van der Waals surface area contributed by atoms with Crippen LogP contribution in [0.4, 0.5) is 5.69 Å². The van der Waals surface area contributed by atoms with Gasteiger partial charge in [-0.25, -0.2) is 0 Å². The summed E-state index contributed by atoms with van der Waals surface area (Å²) in [5.74, 6) is 0.896. The molecule has 0 aromatic heterocycles. The normalized spacial score (nSPS) is 20.3. The van der Waals surface area contributed by atoms with Crippen molar-refractivity contribution in [3.8, 4) is 5.75 Å². The average molecular weight is 207 g/mol. The first-order chi connectivity index (χ1) is 7.29. The molecule has 82 valence electrons. The molecule has 2 rings (SSSR count). The Morgan fingerprint density at radius 2 is 2.33 bits per heavy atom. The minimum Gasteiger partial charge on any atom is -0.495 e. The maximum absolute atomic E-state index is 5.33. The number of nitrogens with one attached hydrogen (secondary N) is 1. The maximum atomic E-state index is 5.33. The smallest absolute Gasteiger partial charge is 0.141 e. The predicted molar refractivity (Wildman–Crippen MR) is 60.6 cm³/mol. The zero-order chi connectivity index (χ0) is 10.7. The fourth-order valence-electron chi connectivity index (χ4n) is 1.80. The van der Waals surface area contributed by atoms with Crippen LogP contribution in [0.2, 0.25) is 0 Å². The van der Waals surface area contributed by atoms with Gasteiger partial charge in [0.15, 0.2) is 0 Å². The lowest BCUT2D eigenvalue weighted by Gasteiger charge is -2.15. The molecule has 1 saturated heterocycles. The SMILES string of the molecule is COc1ccc(C)cc1NC1CCOC1. The van der Waals surface area contributed by atoms with Crippen LogP contribution in [-0.4, -0.2) is 26.4 Å². The Morgan fingerprint density at radius 1 is 1.47 bits per heavy atom. The second kappa shape index (κ2) is 4.53. The van der Waals surface area contributed by atoms with Crippen molar-refractivity contribution in [1.29, 1.82) is 0 Å². The van der Waals surface area contributed by atoms with Crippen LogP contribution in [0.1, 0.15) is 12.0 Å². The van der Waals surface area contributed by atoms with Crippen LogP contribution >= 0.6 is 0 Å². The van der Waals surface area contributed by atoms with E-state index >= 15 is 0 Å². The molecule has 1 atom stereocenters. The Bertz CT molecular complexity index is 332. The largest absolute Gasteiger partial charge is 0.495 e. The molecule has 0 aliphatic carbocycles. The first-order valence-corrected chi connectivity index (χ1v) is 5.28. The second-order valence-corrected chi connectivity index (χ2v) is 3.91. The van der Waals surface area contributed by atoms with Gasteiger partial charge in [0.05, 0.1) is 25.4 Å². The van der Waals surface area contributed by atoms with Crippen molar-refractivity contribution in [2.45, 2.75) is 19.4 Å². The highest BCUT2D eigenvalue weighted by Gasteiger charge is 2.16. The predicted octanol–water partition coefficient (Wildman–Crippen LogP) is 2.20. The van der Waals surface area contributed by atoms with E-state index in [0.717, 1.165) is 31.1 Å². The average Bonchev–Trinajstić information content (AvgIpc) is 2.71. The van der Waals surface area contributed by atoms with Crippen molar-refractivity contribution in [2.24, 2.45) is 0 Å². The van der Waals surface area contributed by atoms with Crippen LogP contribution in [-0.2, 0) is 4.74 Å². The van der Waals surface area contributed by atoms with E-state index in [-0.39, 0.29) is 0 Å². The summed E-state index contributed by atoms with van der Waals surface area (Å²) in [7, 11) is 1.70. The Kier molecular flexibility index (Phi) is 3.11. The van der Waals surface area contributed by atoms with E-state index in [4.69, 9.17) is 9.47 Å². The highest BCUT2D eigenvalue weighted by Crippen LogP contribution is 2.26. The van der Waals surface area contributed by atoms with Crippen molar-refractivity contribution in [3.05, 3.63) is 23.8 Å².